The lowest BCUT2D eigenvalue weighted by molar-refractivity contribution is -0.335. The van der Waals surface area contributed by atoms with Crippen molar-refractivity contribution in [3.63, 3.8) is 0 Å². The van der Waals surface area contributed by atoms with Gasteiger partial charge in [0.25, 0.3) is 0 Å². The number of amides is 1. The first-order valence-electron chi connectivity index (χ1n) is 29.7. The van der Waals surface area contributed by atoms with Crippen molar-refractivity contribution < 1.29 is 92.0 Å². The van der Waals surface area contributed by atoms with E-state index in [0.29, 0.717) is 24.0 Å². The molecule has 0 radical (unpaired) electrons. The molecule has 21 heteroatoms. The number of carbonyl (C=O) groups excluding carboxylic acids is 3. The van der Waals surface area contributed by atoms with Gasteiger partial charge in [0, 0.05) is 67.9 Å². The van der Waals surface area contributed by atoms with Gasteiger partial charge in [-0.15, -0.1) is 0 Å². The summed E-state index contributed by atoms with van der Waals surface area (Å²) in [5, 5.41) is 60.3. The normalized spacial score (nSPS) is 50.3. The minimum Gasteiger partial charge on any atom is -0.511 e. The number of ether oxygens (including phenoxy) is 11. The number of rotatable bonds is 11. The van der Waals surface area contributed by atoms with Gasteiger partial charge in [-0.2, -0.15) is 0 Å². The minimum absolute atomic E-state index is 0.0320. The molecular weight excluding hydrogens is 1060 g/mol. The molecule has 2 bridgehead atoms. The van der Waals surface area contributed by atoms with Crippen molar-refractivity contribution in [2.24, 2.45) is 52.6 Å². The molecule has 9 rings (SSSR count). The van der Waals surface area contributed by atoms with Crippen molar-refractivity contribution in [2.45, 2.75) is 237 Å². The molecule has 6 fully saturated rings. The lowest BCUT2D eigenvalue weighted by atomic mass is 9.49. The fourth-order valence-electron chi connectivity index (χ4n) is 15.7. The number of ketones is 1. The number of hydrogen-bond donors (Lipinski definition) is 7. The highest BCUT2D eigenvalue weighted by Gasteiger charge is 2.64. The first-order chi connectivity index (χ1) is 38.6. The second kappa shape index (κ2) is 24.6. The van der Waals surface area contributed by atoms with Gasteiger partial charge < -0.3 is 88.7 Å². The van der Waals surface area contributed by atoms with E-state index >= 15 is 4.79 Å². The Labute approximate surface area is 482 Å². The van der Waals surface area contributed by atoms with Gasteiger partial charge in [0.2, 0.25) is 5.78 Å². The predicted octanol–water partition coefficient (Wildman–Crippen LogP) is 5.25. The molecule has 21 nitrogen and oxygen atoms in total. The largest absolute Gasteiger partial charge is 0.511 e. The zero-order chi connectivity index (χ0) is 59.7. The Morgan fingerprint density at radius 1 is 0.744 bits per heavy atom. The molecule has 5 saturated heterocycles. The number of allylic oxidation sites excluding steroid dienone is 3. The summed E-state index contributed by atoms with van der Waals surface area (Å²) < 4.78 is 68.4. The van der Waals surface area contributed by atoms with Crippen LogP contribution in [0.3, 0.4) is 0 Å². The molecule has 27 atom stereocenters. The number of aliphatic hydroxyl groups excluding tert-OH is 5. The minimum atomic E-state index is -1.75. The molecule has 1 amide bonds. The molecule has 9 aliphatic rings. The number of methoxy groups -OCH3 is 2. The molecule has 0 aromatic carbocycles. The number of nitrogens with two attached hydrogens (primary N) is 1. The van der Waals surface area contributed by atoms with E-state index in [-0.39, 0.29) is 73.7 Å². The van der Waals surface area contributed by atoms with Crippen molar-refractivity contribution in [3.8, 4) is 0 Å². The molecule has 0 unspecified atom stereocenters. The van der Waals surface area contributed by atoms with Gasteiger partial charge in [0.05, 0.1) is 74.7 Å². The van der Waals surface area contributed by atoms with Crippen LogP contribution in [0.25, 0.3) is 0 Å². The van der Waals surface area contributed by atoms with Crippen molar-refractivity contribution in [1.29, 1.82) is 0 Å². The first-order valence-corrected chi connectivity index (χ1v) is 29.7. The second-order valence-electron chi connectivity index (χ2n) is 25.8. The molecule has 82 heavy (non-hydrogen) atoms. The molecule has 8 N–H and O–H groups in total. The zero-order valence-corrected chi connectivity index (χ0v) is 49.9. The number of nitrogens with one attached hydrogen (secondary N) is 1. The summed E-state index contributed by atoms with van der Waals surface area (Å²) >= 11 is 0. The first kappa shape index (κ1) is 62.9. The SMILES string of the molecule is COC(=O)N[C@H]1[C@@H](C)O[C@@H](O[C@H]2C/C=C(\C)[C@H]3C=C[C@@H]4[C@@H](O[C@H]5C[C@@H](O[C@H]6C[C@@H](O)[C@@H](O[C@@H]7C[C@@H](O)[C@@H](OC)[C@H](C)O7)[C@H](C)O6)[C@@H](O)[C@H](C)O5)[C@@H](C)C[C@H](C)[C@@H]4[C@@]3(C)/C(O)=C3\C(=O)O[C@@]4(C[C@@H](C)C(CO)=C[C@H]4/C=C/2C)C3=O)C[C@]1(C)N. The van der Waals surface area contributed by atoms with Crippen LogP contribution in [-0.2, 0) is 61.7 Å². The quantitative estimate of drug-likeness (QED) is 0.0789. The second-order valence-corrected chi connectivity index (χ2v) is 25.8. The maximum absolute atomic E-state index is 15.6. The summed E-state index contributed by atoms with van der Waals surface area (Å²) in [6, 6.07) is -0.595. The number of carbonyl (C=O) groups is 3. The Hall–Kier alpha value is -3.65. The van der Waals surface area contributed by atoms with Gasteiger partial charge >= 0.3 is 12.1 Å². The molecule has 1 saturated carbocycles. The number of hydrogen-bond acceptors (Lipinski definition) is 20. The van der Waals surface area contributed by atoms with Gasteiger partial charge in [-0.25, -0.2) is 9.59 Å². The Bertz CT molecular complexity index is 2490. The van der Waals surface area contributed by atoms with Gasteiger partial charge in [-0.1, -0.05) is 63.6 Å². The van der Waals surface area contributed by atoms with Crippen LogP contribution in [0.2, 0.25) is 0 Å². The summed E-state index contributed by atoms with van der Waals surface area (Å²) in [6.45, 7) is 20.6. The van der Waals surface area contributed by atoms with E-state index in [0.717, 1.165) is 5.57 Å². The maximum atomic E-state index is 15.6. The fourth-order valence-corrected chi connectivity index (χ4v) is 15.7. The molecular formula is C61H92N2O19. The van der Waals surface area contributed by atoms with Gasteiger partial charge in [0.15, 0.2) is 30.8 Å². The van der Waals surface area contributed by atoms with Crippen molar-refractivity contribution in [2.75, 3.05) is 20.8 Å². The third-order valence-electron chi connectivity index (χ3n) is 19.9. The standard InChI is InChI=1S/C61H92N2O19/c1-27-14-17-42(78-47-25-59(10,62)54(35(9)77-47)63-58(71)73-13)28(2)19-37-20-36(26-64)31(5)24-61(37)56(69)48(57(70)82-61)55(68)60(11)39(27)16-15-38-49(60)29(3)18-30(4)51(38)80-46-23-43(50(67)32(6)74-46)79-44-22-41(66)53(34(8)76-44)81-45-21-40(65)52(72-12)33(7)75-45/h14-16,19-20,29-35,37-47,49-54,64-68H,17-18,21-26,62H2,1-13H3,(H,63,71)/b27-14+,28-19+,55-48+/t29-,30-,31+,32-,33-,34-,35+,37+,38-,39+,40+,41+,42-,43+,44-,45+,46-,47-,49-,50-,51-,52-,53-,54-,59-,60-,61+/m0/s1. The highest BCUT2D eigenvalue weighted by atomic mass is 16.7. The maximum Gasteiger partial charge on any atom is 0.407 e. The van der Waals surface area contributed by atoms with Crippen molar-refractivity contribution >= 4 is 17.8 Å². The van der Waals surface area contributed by atoms with E-state index < -0.39 is 157 Å². The predicted molar refractivity (Wildman–Crippen MR) is 295 cm³/mol. The Morgan fingerprint density at radius 3 is 2.00 bits per heavy atom. The van der Waals surface area contributed by atoms with Crippen molar-refractivity contribution in [3.05, 3.63) is 58.4 Å². The third kappa shape index (κ3) is 11.8. The summed E-state index contributed by atoms with van der Waals surface area (Å²) in [6.07, 6.45) is -1.16. The van der Waals surface area contributed by atoms with Crippen LogP contribution in [0.5, 0.6) is 0 Å². The summed E-state index contributed by atoms with van der Waals surface area (Å²) in [5.41, 5.74) is 4.75. The van der Waals surface area contributed by atoms with E-state index in [9.17, 15) is 35.1 Å². The molecule has 4 aliphatic carbocycles. The van der Waals surface area contributed by atoms with Crippen LogP contribution in [0.1, 0.15) is 121 Å². The van der Waals surface area contributed by atoms with Crippen LogP contribution >= 0.6 is 0 Å². The molecule has 460 valence electrons. The van der Waals surface area contributed by atoms with Crippen LogP contribution < -0.4 is 11.1 Å². The Kier molecular flexibility index (Phi) is 18.9. The zero-order valence-electron chi connectivity index (χ0n) is 49.9. The molecule has 0 aromatic rings. The van der Waals surface area contributed by atoms with E-state index in [1.807, 2.05) is 47.6 Å². The topological polar surface area (TPSA) is 292 Å². The summed E-state index contributed by atoms with van der Waals surface area (Å²) in [4.78, 5) is 42.6. The average Bonchev–Trinajstić information content (AvgIpc) is 3.56. The highest BCUT2D eigenvalue weighted by Crippen LogP contribution is 2.61. The number of Topliss-reactive ketones (excluding diaryl/α,β-unsaturated/α-hetero) is 1. The van der Waals surface area contributed by atoms with Crippen molar-refractivity contribution in [1.82, 2.24) is 5.32 Å². The Morgan fingerprint density at radius 2 is 1.37 bits per heavy atom. The van der Waals surface area contributed by atoms with Crippen LogP contribution in [0.4, 0.5) is 4.79 Å². The Balaban J connectivity index is 1.00. The average molecular weight is 1160 g/mol. The monoisotopic (exact) mass is 1160 g/mol. The lowest BCUT2D eigenvalue weighted by Crippen LogP contribution is -2.66. The van der Waals surface area contributed by atoms with Crippen LogP contribution in [-0.4, -0.2) is 180 Å². The molecule has 5 heterocycles. The fraction of sp³-hybridized carbons (Fsp3) is 0.787. The third-order valence-corrected chi connectivity index (χ3v) is 19.9. The van der Waals surface area contributed by atoms with E-state index in [2.05, 4.69) is 37.4 Å². The number of fused-ring (bicyclic) bond motifs is 4. The van der Waals surface area contributed by atoms with Gasteiger partial charge in [-0.3, -0.25) is 4.79 Å². The van der Waals surface area contributed by atoms with Crippen LogP contribution in [0.15, 0.2) is 58.4 Å². The van der Waals surface area contributed by atoms with E-state index in [1.54, 1.807) is 26.8 Å². The van der Waals surface area contributed by atoms with Crippen LogP contribution in [0, 0.1) is 46.8 Å². The van der Waals surface area contributed by atoms with Gasteiger partial charge in [0.1, 0.15) is 29.6 Å². The highest BCUT2D eigenvalue weighted by molar-refractivity contribution is 6.26. The number of aliphatic hydroxyl groups is 5. The lowest BCUT2D eigenvalue weighted by Gasteiger charge is -2.56. The van der Waals surface area contributed by atoms with E-state index in [4.69, 9.17) is 57.8 Å². The number of alkyl carbamates (subject to hydrolysis) is 1. The summed E-state index contributed by atoms with van der Waals surface area (Å²) in [7, 11) is 2.79. The molecule has 0 aromatic heterocycles. The molecule has 1 spiro atoms. The van der Waals surface area contributed by atoms with E-state index in [1.165, 1.54) is 14.2 Å². The van der Waals surface area contributed by atoms with Gasteiger partial charge in [-0.05, 0) is 96.1 Å². The smallest absolute Gasteiger partial charge is 0.407 e. The summed E-state index contributed by atoms with van der Waals surface area (Å²) in [5.74, 6) is -4.54. The number of esters is 1. The molecule has 5 aliphatic heterocycles.